The molecule has 0 bridgehead atoms. The topological polar surface area (TPSA) is 32.3 Å². The predicted octanol–water partition coefficient (Wildman–Crippen LogP) is 3.40. The van der Waals surface area contributed by atoms with Crippen LogP contribution in [0.5, 0.6) is 0 Å². The number of hydrogen-bond donors (Lipinski definition) is 1. The van der Waals surface area contributed by atoms with E-state index in [-0.39, 0.29) is 6.03 Å². The lowest BCUT2D eigenvalue weighted by Crippen LogP contribution is -2.47. The number of urea groups is 1. The van der Waals surface area contributed by atoms with Crippen molar-refractivity contribution in [2.24, 2.45) is 5.92 Å². The minimum absolute atomic E-state index is 0.111. The third-order valence-corrected chi connectivity index (χ3v) is 3.78. The number of carbonyl (C=O) groups is 1. The summed E-state index contributed by atoms with van der Waals surface area (Å²) in [7, 11) is 1.89. The molecule has 0 aromatic carbocycles. The Hall–Kier alpha value is -0.730. The fourth-order valence-electron chi connectivity index (χ4n) is 2.82. The molecule has 2 amide bonds. The second kappa shape index (κ2) is 7.57. The molecule has 0 unspecified atom stereocenters. The van der Waals surface area contributed by atoms with Crippen molar-refractivity contribution in [1.82, 2.24) is 10.2 Å². The van der Waals surface area contributed by atoms with E-state index in [4.69, 9.17) is 0 Å². The molecule has 1 aliphatic rings. The highest BCUT2D eigenvalue weighted by molar-refractivity contribution is 5.74. The summed E-state index contributed by atoms with van der Waals surface area (Å²) in [6, 6.07) is 0.523. The van der Waals surface area contributed by atoms with Crippen molar-refractivity contribution in [2.45, 2.75) is 64.8 Å². The molecule has 0 radical (unpaired) electrons. The van der Waals surface area contributed by atoms with E-state index in [1.807, 2.05) is 7.05 Å². The molecule has 1 rings (SSSR count). The lowest BCUT2D eigenvalue weighted by molar-refractivity contribution is 0.186. The molecule has 1 aliphatic carbocycles. The van der Waals surface area contributed by atoms with Gasteiger partial charge in [0.15, 0.2) is 0 Å². The summed E-state index contributed by atoms with van der Waals surface area (Å²) < 4.78 is 0. The van der Waals surface area contributed by atoms with E-state index >= 15 is 0 Å². The first-order chi connectivity index (χ1) is 8.19. The minimum Gasteiger partial charge on any atom is -0.335 e. The SMILES string of the molecule is CCC[C@@H]1CCCC[C@H]1NC(=O)N(C)CCC. The van der Waals surface area contributed by atoms with E-state index in [2.05, 4.69) is 19.2 Å². The van der Waals surface area contributed by atoms with E-state index < -0.39 is 0 Å². The van der Waals surface area contributed by atoms with Gasteiger partial charge in [-0.1, -0.05) is 33.1 Å². The second-order valence-electron chi connectivity index (χ2n) is 5.31. The summed E-state index contributed by atoms with van der Waals surface area (Å²) >= 11 is 0. The van der Waals surface area contributed by atoms with Crippen molar-refractivity contribution in [1.29, 1.82) is 0 Å². The van der Waals surface area contributed by atoms with Gasteiger partial charge in [0.2, 0.25) is 0 Å². The highest BCUT2D eigenvalue weighted by atomic mass is 16.2. The van der Waals surface area contributed by atoms with Gasteiger partial charge in [-0.3, -0.25) is 0 Å². The Morgan fingerprint density at radius 2 is 1.94 bits per heavy atom. The van der Waals surface area contributed by atoms with Crippen molar-refractivity contribution >= 4 is 6.03 Å². The van der Waals surface area contributed by atoms with Crippen LogP contribution in [-0.4, -0.2) is 30.6 Å². The standard InChI is InChI=1S/C14H28N2O/c1-4-8-12-9-6-7-10-13(12)15-14(17)16(3)11-5-2/h12-13H,4-11H2,1-3H3,(H,15,17)/t12-,13-/m1/s1. The van der Waals surface area contributed by atoms with Crippen molar-refractivity contribution in [3.05, 3.63) is 0 Å². The zero-order valence-electron chi connectivity index (χ0n) is 11.7. The van der Waals surface area contributed by atoms with Crippen LogP contribution in [0.15, 0.2) is 0 Å². The van der Waals surface area contributed by atoms with Crippen molar-refractivity contribution < 1.29 is 4.79 Å². The first-order valence-electron chi connectivity index (χ1n) is 7.20. The van der Waals surface area contributed by atoms with Crippen LogP contribution in [0.2, 0.25) is 0 Å². The zero-order chi connectivity index (χ0) is 12.7. The fraction of sp³-hybridized carbons (Fsp3) is 0.929. The van der Waals surface area contributed by atoms with Crippen LogP contribution in [0.3, 0.4) is 0 Å². The van der Waals surface area contributed by atoms with Crippen LogP contribution < -0.4 is 5.32 Å². The Kier molecular flexibility index (Phi) is 6.38. The van der Waals surface area contributed by atoms with Gasteiger partial charge in [-0.05, 0) is 31.6 Å². The van der Waals surface area contributed by atoms with E-state index in [0.29, 0.717) is 12.0 Å². The lowest BCUT2D eigenvalue weighted by atomic mass is 9.82. The number of hydrogen-bond acceptors (Lipinski definition) is 1. The Morgan fingerprint density at radius 1 is 1.24 bits per heavy atom. The summed E-state index contributed by atoms with van der Waals surface area (Å²) in [5, 5.41) is 3.23. The van der Waals surface area contributed by atoms with E-state index in [1.165, 1.54) is 32.1 Å². The number of nitrogens with one attached hydrogen (secondary N) is 1. The molecule has 0 aliphatic heterocycles. The number of nitrogens with zero attached hydrogens (tertiary/aromatic N) is 1. The van der Waals surface area contributed by atoms with Gasteiger partial charge < -0.3 is 10.2 Å². The largest absolute Gasteiger partial charge is 0.335 e. The summed E-state index contributed by atoms with van der Waals surface area (Å²) in [5.41, 5.74) is 0. The van der Waals surface area contributed by atoms with Gasteiger partial charge in [0.05, 0.1) is 0 Å². The number of carbonyl (C=O) groups excluding carboxylic acids is 1. The van der Waals surface area contributed by atoms with Gasteiger partial charge in [0.25, 0.3) is 0 Å². The average Bonchev–Trinajstić information content (AvgIpc) is 2.32. The third kappa shape index (κ3) is 4.57. The van der Waals surface area contributed by atoms with Crippen LogP contribution in [0.1, 0.15) is 58.8 Å². The second-order valence-corrected chi connectivity index (χ2v) is 5.31. The van der Waals surface area contributed by atoms with Crippen LogP contribution in [-0.2, 0) is 0 Å². The summed E-state index contributed by atoms with van der Waals surface area (Å²) in [5.74, 6) is 0.702. The molecule has 100 valence electrons. The molecule has 1 fully saturated rings. The number of rotatable bonds is 5. The maximum atomic E-state index is 12.0. The van der Waals surface area contributed by atoms with Crippen LogP contribution in [0.4, 0.5) is 4.79 Å². The molecular formula is C14H28N2O. The predicted molar refractivity (Wildman–Crippen MR) is 72.1 cm³/mol. The summed E-state index contributed by atoms with van der Waals surface area (Å²) in [4.78, 5) is 13.8. The maximum absolute atomic E-state index is 12.0. The normalized spacial score (nSPS) is 24.4. The van der Waals surface area contributed by atoms with Crippen LogP contribution >= 0.6 is 0 Å². The van der Waals surface area contributed by atoms with Crippen LogP contribution in [0.25, 0.3) is 0 Å². The summed E-state index contributed by atoms with van der Waals surface area (Å²) in [6.45, 7) is 5.18. The zero-order valence-corrected chi connectivity index (χ0v) is 11.7. The van der Waals surface area contributed by atoms with E-state index in [9.17, 15) is 4.79 Å². The first-order valence-corrected chi connectivity index (χ1v) is 7.20. The molecule has 17 heavy (non-hydrogen) atoms. The molecule has 2 atom stereocenters. The fourth-order valence-corrected chi connectivity index (χ4v) is 2.82. The minimum atomic E-state index is 0.111. The highest BCUT2D eigenvalue weighted by Gasteiger charge is 2.26. The molecule has 0 heterocycles. The Labute approximate surface area is 106 Å². The van der Waals surface area contributed by atoms with Gasteiger partial charge in [-0.25, -0.2) is 4.79 Å². The van der Waals surface area contributed by atoms with Crippen molar-refractivity contribution in [2.75, 3.05) is 13.6 Å². The van der Waals surface area contributed by atoms with Gasteiger partial charge in [0.1, 0.15) is 0 Å². The summed E-state index contributed by atoms with van der Waals surface area (Å²) in [6.07, 6.45) is 8.55. The monoisotopic (exact) mass is 240 g/mol. The van der Waals surface area contributed by atoms with Crippen molar-refractivity contribution in [3.63, 3.8) is 0 Å². The quantitative estimate of drug-likeness (QED) is 0.785. The van der Waals surface area contributed by atoms with Gasteiger partial charge in [-0.15, -0.1) is 0 Å². The molecule has 3 nitrogen and oxygen atoms in total. The lowest BCUT2D eigenvalue weighted by Gasteiger charge is -2.33. The third-order valence-electron chi connectivity index (χ3n) is 3.78. The molecule has 0 saturated heterocycles. The van der Waals surface area contributed by atoms with Gasteiger partial charge >= 0.3 is 6.03 Å². The van der Waals surface area contributed by atoms with E-state index in [1.54, 1.807) is 4.90 Å². The Balaban J connectivity index is 2.43. The average molecular weight is 240 g/mol. The van der Waals surface area contributed by atoms with Crippen molar-refractivity contribution in [3.8, 4) is 0 Å². The molecule has 0 aromatic rings. The molecule has 0 spiro atoms. The highest BCUT2D eigenvalue weighted by Crippen LogP contribution is 2.28. The maximum Gasteiger partial charge on any atom is 0.317 e. The van der Waals surface area contributed by atoms with E-state index in [0.717, 1.165) is 19.4 Å². The van der Waals surface area contributed by atoms with Crippen LogP contribution in [0, 0.1) is 5.92 Å². The number of amides is 2. The smallest absolute Gasteiger partial charge is 0.317 e. The first kappa shape index (κ1) is 14.3. The Bertz CT molecular complexity index is 228. The molecule has 0 aromatic heterocycles. The molecule has 1 N–H and O–H groups in total. The molecule has 3 heteroatoms. The van der Waals surface area contributed by atoms with Gasteiger partial charge in [-0.2, -0.15) is 0 Å². The van der Waals surface area contributed by atoms with Gasteiger partial charge in [0, 0.05) is 19.6 Å². The Morgan fingerprint density at radius 3 is 2.59 bits per heavy atom. The molecule has 1 saturated carbocycles. The molecular weight excluding hydrogens is 212 g/mol.